The van der Waals surface area contributed by atoms with Crippen molar-refractivity contribution in [1.29, 1.82) is 0 Å². The Kier molecular flexibility index (Phi) is 3.91. The third-order valence-electron chi connectivity index (χ3n) is 3.46. The van der Waals surface area contributed by atoms with Crippen LogP contribution >= 0.6 is 0 Å². The number of rotatable bonds is 3. The molecule has 0 unspecified atom stereocenters. The second kappa shape index (κ2) is 5.45. The molecular weight excluding hydrogens is 236 g/mol. The van der Waals surface area contributed by atoms with Crippen LogP contribution < -0.4 is 0 Å². The van der Waals surface area contributed by atoms with Gasteiger partial charge < -0.3 is 10.2 Å². The van der Waals surface area contributed by atoms with Gasteiger partial charge in [0, 0.05) is 11.5 Å². The maximum Gasteiger partial charge on any atom is 0.120 e. The minimum atomic E-state index is -0.560. The van der Waals surface area contributed by atoms with E-state index in [9.17, 15) is 10.2 Å². The summed E-state index contributed by atoms with van der Waals surface area (Å²) in [4.78, 5) is 0. The molecule has 2 nitrogen and oxygen atoms in total. The fraction of sp³-hybridized carbons (Fsp3) is 0.294. The third-order valence-corrected chi connectivity index (χ3v) is 3.46. The van der Waals surface area contributed by atoms with Crippen LogP contribution in [0.1, 0.15) is 35.1 Å². The molecule has 100 valence electrons. The van der Waals surface area contributed by atoms with Gasteiger partial charge in [-0.15, -0.1) is 0 Å². The van der Waals surface area contributed by atoms with Gasteiger partial charge in [-0.1, -0.05) is 36.4 Å². The highest BCUT2D eigenvalue weighted by atomic mass is 16.3. The fourth-order valence-corrected chi connectivity index (χ4v) is 2.71. The van der Waals surface area contributed by atoms with Gasteiger partial charge in [0.2, 0.25) is 0 Å². The molecule has 0 saturated carbocycles. The van der Waals surface area contributed by atoms with Crippen LogP contribution in [0.5, 0.6) is 5.75 Å². The molecule has 2 aromatic carbocycles. The highest BCUT2D eigenvalue weighted by Gasteiger charge is 2.24. The molecule has 0 aromatic heterocycles. The van der Waals surface area contributed by atoms with E-state index in [0.717, 1.165) is 22.3 Å². The number of aromatic hydroxyl groups is 1. The Balaban J connectivity index is 2.58. The van der Waals surface area contributed by atoms with Crippen LogP contribution in [0, 0.1) is 13.8 Å². The molecule has 2 atom stereocenters. The molecule has 0 aliphatic rings. The normalized spacial score (nSPS) is 14.1. The molecule has 0 aliphatic carbocycles. The summed E-state index contributed by atoms with van der Waals surface area (Å²) in [6.07, 6.45) is -0.560. The van der Waals surface area contributed by atoms with Crippen molar-refractivity contribution >= 4 is 0 Å². The zero-order valence-electron chi connectivity index (χ0n) is 11.6. The van der Waals surface area contributed by atoms with Crippen LogP contribution in [0.3, 0.4) is 0 Å². The molecular formula is C17H20O2. The summed E-state index contributed by atoms with van der Waals surface area (Å²) < 4.78 is 0. The summed E-state index contributed by atoms with van der Waals surface area (Å²) in [5.74, 6) is 0.0500. The van der Waals surface area contributed by atoms with Crippen molar-refractivity contribution in [2.24, 2.45) is 0 Å². The van der Waals surface area contributed by atoms with Crippen molar-refractivity contribution in [2.45, 2.75) is 32.8 Å². The lowest BCUT2D eigenvalue weighted by molar-refractivity contribution is 0.174. The molecule has 2 aromatic rings. The van der Waals surface area contributed by atoms with E-state index in [1.165, 1.54) is 0 Å². The number of aryl methyl sites for hydroxylation is 2. The summed E-state index contributed by atoms with van der Waals surface area (Å²) in [7, 11) is 0. The average Bonchev–Trinajstić information content (AvgIpc) is 2.34. The zero-order chi connectivity index (χ0) is 14.0. The van der Waals surface area contributed by atoms with Crippen molar-refractivity contribution in [3.8, 4) is 5.75 Å². The summed E-state index contributed by atoms with van der Waals surface area (Å²) >= 11 is 0. The van der Waals surface area contributed by atoms with E-state index in [-0.39, 0.29) is 11.7 Å². The van der Waals surface area contributed by atoms with E-state index in [4.69, 9.17) is 0 Å². The second-order valence-corrected chi connectivity index (χ2v) is 5.14. The Morgan fingerprint density at radius 2 is 1.63 bits per heavy atom. The van der Waals surface area contributed by atoms with E-state index < -0.39 is 6.10 Å². The van der Waals surface area contributed by atoms with Gasteiger partial charge in [-0.05, 0) is 43.5 Å². The van der Waals surface area contributed by atoms with E-state index in [0.29, 0.717) is 0 Å². The van der Waals surface area contributed by atoms with Gasteiger partial charge in [0.15, 0.2) is 0 Å². The highest BCUT2D eigenvalue weighted by Crippen LogP contribution is 2.36. The molecule has 0 radical (unpaired) electrons. The monoisotopic (exact) mass is 256 g/mol. The van der Waals surface area contributed by atoms with Crippen molar-refractivity contribution in [3.63, 3.8) is 0 Å². The van der Waals surface area contributed by atoms with Gasteiger partial charge in [0.25, 0.3) is 0 Å². The highest BCUT2D eigenvalue weighted by molar-refractivity contribution is 5.48. The van der Waals surface area contributed by atoms with Crippen LogP contribution in [0.2, 0.25) is 0 Å². The first kappa shape index (κ1) is 13.6. The summed E-state index contributed by atoms with van der Waals surface area (Å²) in [6, 6.07) is 13.6. The van der Waals surface area contributed by atoms with Gasteiger partial charge in [-0.25, -0.2) is 0 Å². The quantitative estimate of drug-likeness (QED) is 0.882. The standard InChI is InChI=1S/C17H20O2/c1-11-9-12(2)16(15(19)10-11)17(13(3)18)14-7-5-4-6-8-14/h4-10,13,17-19H,1-3H3/t13-,17+/m0/s1. The molecule has 0 saturated heterocycles. The number of aliphatic hydroxyl groups excluding tert-OH is 1. The topological polar surface area (TPSA) is 40.5 Å². The Bertz CT molecular complexity index is 536. The Morgan fingerprint density at radius 3 is 2.16 bits per heavy atom. The predicted octanol–water partition coefficient (Wildman–Crippen LogP) is 3.52. The first-order chi connectivity index (χ1) is 9.00. The molecule has 2 heteroatoms. The number of phenols is 1. The van der Waals surface area contributed by atoms with E-state index >= 15 is 0 Å². The number of hydrogen-bond donors (Lipinski definition) is 2. The predicted molar refractivity (Wildman–Crippen MR) is 77.5 cm³/mol. The van der Waals surface area contributed by atoms with Gasteiger partial charge >= 0.3 is 0 Å². The maximum absolute atomic E-state index is 10.2. The van der Waals surface area contributed by atoms with E-state index in [2.05, 4.69) is 0 Å². The third kappa shape index (κ3) is 2.79. The van der Waals surface area contributed by atoms with E-state index in [1.807, 2.05) is 50.2 Å². The van der Waals surface area contributed by atoms with Crippen molar-refractivity contribution < 1.29 is 10.2 Å². The number of aliphatic hydroxyl groups is 1. The Labute approximate surface area is 114 Å². The average molecular weight is 256 g/mol. The number of phenolic OH excluding ortho intramolecular Hbond substituents is 1. The molecule has 2 rings (SSSR count). The van der Waals surface area contributed by atoms with Crippen molar-refractivity contribution in [1.82, 2.24) is 0 Å². The Morgan fingerprint density at radius 1 is 1.00 bits per heavy atom. The molecule has 0 bridgehead atoms. The minimum Gasteiger partial charge on any atom is -0.508 e. The minimum absolute atomic E-state index is 0.207. The van der Waals surface area contributed by atoms with Gasteiger partial charge in [0.1, 0.15) is 5.75 Å². The van der Waals surface area contributed by atoms with Crippen LogP contribution in [0.4, 0.5) is 0 Å². The number of hydrogen-bond acceptors (Lipinski definition) is 2. The van der Waals surface area contributed by atoms with Crippen LogP contribution in [-0.4, -0.2) is 16.3 Å². The zero-order valence-corrected chi connectivity index (χ0v) is 11.6. The second-order valence-electron chi connectivity index (χ2n) is 5.14. The first-order valence-corrected chi connectivity index (χ1v) is 6.54. The molecule has 0 amide bonds. The lowest BCUT2D eigenvalue weighted by Crippen LogP contribution is -2.17. The molecule has 0 heterocycles. The van der Waals surface area contributed by atoms with Crippen molar-refractivity contribution in [3.05, 3.63) is 64.7 Å². The lowest BCUT2D eigenvalue weighted by atomic mass is 9.84. The van der Waals surface area contributed by atoms with Crippen molar-refractivity contribution in [2.75, 3.05) is 0 Å². The van der Waals surface area contributed by atoms with Crippen LogP contribution in [0.15, 0.2) is 42.5 Å². The SMILES string of the molecule is Cc1cc(C)c([C@@H](c2ccccc2)[C@H](C)O)c(O)c1. The van der Waals surface area contributed by atoms with E-state index in [1.54, 1.807) is 13.0 Å². The Hall–Kier alpha value is -1.80. The molecule has 19 heavy (non-hydrogen) atoms. The number of benzene rings is 2. The van der Waals surface area contributed by atoms with Gasteiger partial charge in [0.05, 0.1) is 6.10 Å². The van der Waals surface area contributed by atoms with Crippen LogP contribution in [-0.2, 0) is 0 Å². The van der Waals surface area contributed by atoms with Gasteiger partial charge in [-0.3, -0.25) is 0 Å². The molecule has 0 spiro atoms. The fourth-order valence-electron chi connectivity index (χ4n) is 2.71. The smallest absolute Gasteiger partial charge is 0.120 e. The first-order valence-electron chi connectivity index (χ1n) is 6.54. The van der Waals surface area contributed by atoms with Crippen LogP contribution in [0.25, 0.3) is 0 Å². The lowest BCUT2D eigenvalue weighted by Gasteiger charge is -2.24. The molecule has 0 aliphatic heterocycles. The molecule has 0 fully saturated rings. The maximum atomic E-state index is 10.2. The summed E-state index contributed by atoms with van der Waals surface area (Å²) in [5, 5.41) is 20.4. The molecule has 2 N–H and O–H groups in total. The largest absolute Gasteiger partial charge is 0.508 e. The summed E-state index contributed by atoms with van der Waals surface area (Å²) in [6.45, 7) is 5.69. The van der Waals surface area contributed by atoms with Gasteiger partial charge in [-0.2, -0.15) is 0 Å². The summed E-state index contributed by atoms with van der Waals surface area (Å²) in [5.41, 5.74) is 3.86.